The van der Waals surface area contributed by atoms with E-state index >= 15 is 0 Å². The molecule has 0 aliphatic heterocycles. The van der Waals surface area contributed by atoms with Gasteiger partial charge in [0.15, 0.2) is 0 Å². The van der Waals surface area contributed by atoms with E-state index < -0.39 is 0 Å². The summed E-state index contributed by atoms with van der Waals surface area (Å²) < 4.78 is 0. The molecule has 126 valence electrons. The molecule has 0 aromatic carbocycles. The van der Waals surface area contributed by atoms with Crippen LogP contribution in [0.2, 0.25) is 0 Å². The Morgan fingerprint density at radius 1 is 0.958 bits per heavy atom. The zero-order valence-electron chi connectivity index (χ0n) is 14.7. The van der Waals surface area contributed by atoms with Gasteiger partial charge in [-0.2, -0.15) is 0 Å². The normalized spacial score (nSPS) is 50.8. The first-order chi connectivity index (χ1) is 11.7. The third kappa shape index (κ3) is 1.80. The first-order valence-electron chi connectivity index (χ1n) is 9.53. The summed E-state index contributed by atoms with van der Waals surface area (Å²) in [6.45, 7) is 15.7. The van der Waals surface area contributed by atoms with Crippen LogP contribution in [0.1, 0.15) is 25.7 Å². The molecule has 24 heavy (non-hydrogen) atoms. The third-order valence-electron chi connectivity index (χ3n) is 7.87. The molecule has 3 saturated carbocycles. The first-order valence-corrected chi connectivity index (χ1v) is 9.53. The second kappa shape index (κ2) is 5.48. The molecule has 0 heterocycles. The van der Waals surface area contributed by atoms with Gasteiger partial charge in [0, 0.05) is 10.8 Å². The Bertz CT molecular complexity index is 634. The topological polar surface area (TPSA) is 0 Å². The quantitative estimate of drug-likeness (QED) is 0.535. The lowest BCUT2D eigenvalue weighted by atomic mass is 9.56. The summed E-state index contributed by atoms with van der Waals surface area (Å²) in [5.74, 6) is 5.06. The lowest BCUT2D eigenvalue weighted by molar-refractivity contribution is 0.0854. The molecule has 5 aliphatic carbocycles. The van der Waals surface area contributed by atoms with Crippen LogP contribution in [0.3, 0.4) is 0 Å². The average molecular weight is 319 g/mol. The Kier molecular flexibility index (Phi) is 3.64. The van der Waals surface area contributed by atoms with Crippen molar-refractivity contribution in [3.8, 4) is 0 Å². The molecule has 0 aromatic heterocycles. The smallest absolute Gasteiger partial charge is 0.00475 e. The van der Waals surface area contributed by atoms with E-state index in [9.17, 15) is 0 Å². The van der Waals surface area contributed by atoms with Crippen LogP contribution < -0.4 is 0 Å². The van der Waals surface area contributed by atoms with Gasteiger partial charge in [0.05, 0.1) is 0 Å². The summed E-state index contributed by atoms with van der Waals surface area (Å²) >= 11 is 0. The minimum absolute atomic E-state index is 0.296. The van der Waals surface area contributed by atoms with E-state index in [0.717, 1.165) is 30.1 Å². The van der Waals surface area contributed by atoms with Gasteiger partial charge in [-0.1, -0.05) is 48.6 Å². The molecule has 8 atom stereocenters. The molecule has 0 N–H and O–H groups in total. The molecule has 5 rings (SSSR count). The number of fused-ring (bicyclic) bond motifs is 6. The fraction of sp³-hybridized carbons (Fsp3) is 0.500. The van der Waals surface area contributed by atoms with Gasteiger partial charge in [-0.3, -0.25) is 0 Å². The Morgan fingerprint density at radius 3 is 2.33 bits per heavy atom. The van der Waals surface area contributed by atoms with Gasteiger partial charge in [-0.25, -0.2) is 0 Å². The largest absolute Gasteiger partial charge is 0.103 e. The number of hydrogen-bond donors (Lipinski definition) is 0. The van der Waals surface area contributed by atoms with Crippen molar-refractivity contribution in [3.05, 3.63) is 74.9 Å². The van der Waals surface area contributed by atoms with E-state index in [2.05, 4.69) is 68.8 Å². The maximum absolute atomic E-state index is 3.97. The summed E-state index contributed by atoms with van der Waals surface area (Å²) in [5.41, 5.74) is 0.617. The lowest BCUT2D eigenvalue weighted by Gasteiger charge is -2.47. The van der Waals surface area contributed by atoms with Crippen LogP contribution in [0.15, 0.2) is 74.9 Å². The molecular weight excluding hydrogens is 288 g/mol. The van der Waals surface area contributed by atoms with Crippen LogP contribution in [0, 0.1) is 46.3 Å². The van der Waals surface area contributed by atoms with Crippen LogP contribution in [0.5, 0.6) is 0 Å². The summed E-state index contributed by atoms with van der Waals surface area (Å²) in [5, 5.41) is 0. The molecule has 5 aliphatic rings. The second-order valence-electron chi connectivity index (χ2n) is 8.41. The van der Waals surface area contributed by atoms with Crippen LogP contribution in [-0.4, -0.2) is 0 Å². The maximum Gasteiger partial charge on any atom is 0.00475 e. The molecule has 0 spiro atoms. The summed E-state index contributed by atoms with van der Waals surface area (Å²) in [6.07, 6.45) is 23.1. The highest BCUT2D eigenvalue weighted by molar-refractivity contribution is 5.42. The lowest BCUT2D eigenvalue weighted by Crippen LogP contribution is -2.43. The zero-order chi connectivity index (χ0) is 16.9. The summed E-state index contributed by atoms with van der Waals surface area (Å²) in [6, 6.07) is 0. The Labute approximate surface area is 147 Å². The molecule has 0 heteroatoms. The highest BCUT2D eigenvalue weighted by Gasteiger charge is 2.79. The van der Waals surface area contributed by atoms with E-state index in [0.29, 0.717) is 22.7 Å². The monoisotopic (exact) mass is 318 g/mol. The minimum atomic E-state index is 0.296. The Balaban J connectivity index is 0.000000127. The molecule has 0 amide bonds. The highest BCUT2D eigenvalue weighted by Crippen LogP contribution is 2.85. The van der Waals surface area contributed by atoms with Crippen molar-refractivity contribution < 1.29 is 0 Å². The van der Waals surface area contributed by atoms with E-state index in [4.69, 9.17) is 0 Å². The highest BCUT2D eigenvalue weighted by atomic mass is 14.8. The van der Waals surface area contributed by atoms with Crippen molar-refractivity contribution in [2.45, 2.75) is 25.7 Å². The number of hydrogen-bond acceptors (Lipinski definition) is 0. The van der Waals surface area contributed by atoms with Crippen molar-refractivity contribution in [3.63, 3.8) is 0 Å². The van der Waals surface area contributed by atoms with Gasteiger partial charge in [-0.05, 0) is 61.2 Å². The van der Waals surface area contributed by atoms with Crippen molar-refractivity contribution >= 4 is 0 Å². The standard InChI is InChI=1S/C14H18.C10H12/c1-5-9-12-11(6-2)13(7-3)10-14(12,13)8-4;1-2-9-7-4-5-8(6-7)10(9)3-1/h5-8,11-12H,1-4,9-10H2;1-2,4-5,7-10H,3,6H2. The average Bonchev–Trinajstić information content (AvgIpc) is 3.10. The van der Waals surface area contributed by atoms with Crippen LogP contribution in [-0.2, 0) is 0 Å². The van der Waals surface area contributed by atoms with Gasteiger partial charge in [0.25, 0.3) is 0 Å². The fourth-order valence-electron chi connectivity index (χ4n) is 6.62. The van der Waals surface area contributed by atoms with E-state index in [1.165, 1.54) is 19.3 Å². The van der Waals surface area contributed by atoms with Crippen molar-refractivity contribution in [2.75, 3.05) is 0 Å². The molecule has 2 bridgehead atoms. The van der Waals surface area contributed by atoms with Crippen molar-refractivity contribution in [2.24, 2.45) is 46.3 Å². The van der Waals surface area contributed by atoms with Gasteiger partial charge in [0.2, 0.25) is 0 Å². The van der Waals surface area contributed by atoms with Gasteiger partial charge in [-0.15, -0.1) is 26.3 Å². The molecule has 3 fully saturated rings. The summed E-state index contributed by atoms with van der Waals surface area (Å²) in [7, 11) is 0. The van der Waals surface area contributed by atoms with E-state index in [1.807, 2.05) is 6.08 Å². The molecule has 8 unspecified atom stereocenters. The third-order valence-corrected chi connectivity index (χ3v) is 7.87. The van der Waals surface area contributed by atoms with Gasteiger partial charge < -0.3 is 0 Å². The zero-order valence-corrected chi connectivity index (χ0v) is 14.7. The SMILES string of the molecule is C1=CC2C3C=CC(C3)C2C1.C=CCC1C(C=C)C2(C=C)CC12C=C. The second-order valence-corrected chi connectivity index (χ2v) is 8.41. The van der Waals surface area contributed by atoms with Crippen molar-refractivity contribution in [1.82, 2.24) is 0 Å². The van der Waals surface area contributed by atoms with Crippen LogP contribution in [0.25, 0.3) is 0 Å². The molecule has 0 aromatic rings. The van der Waals surface area contributed by atoms with Gasteiger partial charge in [0.1, 0.15) is 0 Å². The maximum atomic E-state index is 3.97. The number of rotatable bonds is 5. The van der Waals surface area contributed by atoms with E-state index in [1.54, 1.807) is 0 Å². The first kappa shape index (κ1) is 15.9. The minimum Gasteiger partial charge on any atom is -0.103 e. The van der Waals surface area contributed by atoms with Crippen LogP contribution >= 0.6 is 0 Å². The van der Waals surface area contributed by atoms with Gasteiger partial charge >= 0.3 is 0 Å². The Morgan fingerprint density at radius 2 is 1.71 bits per heavy atom. The predicted molar refractivity (Wildman–Crippen MR) is 103 cm³/mol. The molecule has 0 radical (unpaired) electrons. The molecule has 0 nitrogen and oxygen atoms in total. The summed E-state index contributed by atoms with van der Waals surface area (Å²) in [4.78, 5) is 0. The molecule has 0 saturated heterocycles. The molecular formula is C24H30. The predicted octanol–water partition coefficient (Wildman–Crippen LogP) is 6.13. The number of allylic oxidation sites excluding steroid dienone is 8. The van der Waals surface area contributed by atoms with Crippen LogP contribution in [0.4, 0.5) is 0 Å². The Hall–Kier alpha value is -1.56. The van der Waals surface area contributed by atoms with E-state index in [-0.39, 0.29) is 0 Å². The van der Waals surface area contributed by atoms with Crippen molar-refractivity contribution in [1.29, 1.82) is 0 Å². The fourth-order valence-corrected chi connectivity index (χ4v) is 6.62.